The van der Waals surface area contributed by atoms with Crippen molar-refractivity contribution in [2.75, 3.05) is 0 Å². The van der Waals surface area contributed by atoms with Crippen LogP contribution in [0.25, 0.3) is 0 Å². The Kier molecular flexibility index (Phi) is 4.25. The summed E-state index contributed by atoms with van der Waals surface area (Å²) >= 11 is 0. The van der Waals surface area contributed by atoms with E-state index >= 15 is 0 Å². The first-order valence-corrected chi connectivity index (χ1v) is 6.91. The average Bonchev–Trinajstić information content (AvgIpc) is 2.37. The molecule has 1 aromatic carbocycles. The summed E-state index contributed by atoms with van der Waals surface area (Å²) in [5, 5.41) is 0. The largest absolute Gasteiger partial charge is 0.416 e. The lowest BCUT2D eigenvalue weighted by molar-refractivity contribution is -0.137. The minimum atomic E-state index is -4.60. The number of carbonyl (C=O) groups is 1. The minimum absolute atomic E-state index is 0.102. The maximum atomic E-state index is 13.8. The van der Waals surface area contributed by atoms with Crippen LogP contribution in [0.15, 0.2) is 18.2 Å². The van der Waals surface area contributed by atoms with Crippen molar-refractivity contribution in [3.63, 3.8) is 0 Å². The van der Waals surface area contributed by atoms with E-state index < -0.39 is 29.0 Å². The molecule has 0 saturated carbocycles. The molecule has 116 valence electrons. The topological polar surface area (TPSA) is 20.3 Å². The SMILES string of the molecule is CC1CCCC(C)N1C(=O)c1cc(C(F)(F)F)ccc1F. The van der Waals surface area contributed by atoms with Crippen molar-refractivity contribution in [3.8, 4) is 0 Å². The lowest BCUT2D eigenvalue weighted by atomic mass is 9.96. The molecule has 0 radical (unpaired) electrons. The van der Waals surface area contributed by atoms with Crippen LogP contribution in [0.2, 0.25) is 0 Å². The summed E-state index contributed by atoms with van der Waals surface area (Å²) < 4.78 is 51.9. The first-order valence-electron chi connectivity index (χ1n) is 6.91. The lowest BCUT2D eigenvalue weighted by Gasteiger charge is -2.39. The summed E-state index contributed by atoms with van der Waals surface area (Å²) in [7, 11) is 0. The molecule has 0 aliphatic carbocycles. The third kappa shape index (κ3) is 3.19. The van der Waals surface area contributed by atoms with Crippen molar-refractivity contribution >= 4 is 5.91 Å². The van der Waals surface area contributed by atoms with Crippen molar-refractivity contribution in [3.05, 3.63) is 35.1 Å². The number of alkyl halides is 3. The highest BCUT2D eigenvalue weighted by Crippen LogP contribution is 2.32. The van der Waals surface area contributed by atoms with Crippen LogP contribution in [-0.4, -0.2) is 22.9 Å². The van der Waals surface area contributed by atoms with Crippen LogP contribution in [0.3, 0.4) is 0 Å². The van der Waals surface area contributed by atoms with Gasteiger partial charge in [-0.25, -0.2) is 4.39 Å². The summed E-state index contributed by atoms with van der Waals surface area (Å²) in [6.45, 7) is 3.66. The van der Waals surface area contributed by atoms with Crippen LogP contribution in [0.4, 0.5) is 17.6 Å². The lowest BCUT2D eigenvalue weighted by Crippen LogP contribution is -2.47. The average molecular weight is 303 g/mol. The van der Waals surface area contributed by atoms with E-state index in [1.54, 1.807) is 0 Å². The van der Waals surface area contributed by atoms with Gasteiger partial charge in [-0.15, -0.1) is 0 Å². The number of piperidine rings is 1. The smallest absolute Gasteiger partial charge is 0.333 e. The van der Waals surface area contributed by atoms with Gasteiger partial charge in [0.15, 0.2) is 0 Å². The molecular weight excluding hydrogens is 286 g/mol. The zero-order chi connectivity index (χ0) is 15.8. The van der Waals surface area contributed by atoms with Gasteiger partial charge in [-0.2, -0.15) is 13.2 Å². The first kappa shape index (κ1) is 15.8. The molecule has 2 rings (SSSR count). The second-order valence-electron chi connectivity index (χ2n) is 5.53. The summed E-state index contributed by atoms with van der Waals surface area (Å²) in [5.41, 5.74) is -1.52. The van der Waals surface area contributed by atoms with E-state index in [1.165, 1.54) is 4.90 Å². The molecule has 0 bridgehead atoms. The van der Waals surface area contributed by atoms with Crippen LogP contribution < -0.4 is 0 Å². The third-order valence-corrected chi connectivity index (χ3v) is 3.95. The maximum Gasteiger partial charge on any atom is 0.416 e. The van der Waals surface area contributed by atoms with E-state index in [-0.39, 0.29) is 12.1 Å². The fourth-order valence-corrected chi connectivity index (χ4v) is 2.83. The van der Waals surface area contributed by atoms with Crippen LogP contribution in [0.5, 0.6) is 0 Å². The number of hydrogen-bond donors (Lipinski definition) is 0. The van der Waals surface area contributed by atoms with Crippen LogP contribution in [0.1, 0.15) is 49.0 Å². The summed E-state index contributed by atoms with van der Waals surface area (Å²) in [4.78, 5) is 13.9. The molecule has 1 saturated heterocycles. The van der Waals surface area contributed by atoms with Crippen molar-refractivity contribution in [1.29, 1.82) is 0 Å². The predicted molar refractivity (Wildman–Crippen MR) is 70.3 cm³/mol. The van der Waals surface area contributed by atoms with Crippen molar-refractivity contribution in [1.82, 2.24) is 4.90 Å². The van der Waals surface area contributed by atoms with Gasteiger partial charge < -0.3 is 4.90 Å². The third-order valence-electron chi connectivity index (χ3n) is 3.95. The first-order chi connectivity index (χ1) is 9.71. The second-order valence-corrected chi connectivity index (χ2v) is 5.53. The number of nitrogens with zero attached hydrogens (tertiary/aromatic N) is 1. The normalized spacial score (nSPS) is 23.2. The van der Waals surface area contributed by atoms with Gasteiger partial charge in [-0.1, -0.05) is 0 Å². The second kappa shape index (κ2) is 5.66. The van der Waals surface area contributed by atoms with Crippen molar-refractivity contribution in [2.24, 2.45) is 0 Å². The maximum absolute atomic E-state index is 13.8. The molecule has 1 amide bonds. The van der Waals surface area contributed by atoms with E-state index in [9.17, 15) is 22.4 Å². The van der Waals surface area contributed by atoms with Gasteiger partial charge in [0, 0.05) is 12.1 Å². The Morgan fingerprint density at radius 1 is 1.19 bits per heavy atom. The number of amides is 1. The highest BCUT2D eigenvalue weighted by molar-refractivity contribution is 5.95. The molecule has 1 fully saturated rings. The van der Waals surface area contributed by atoms with E-state index in [0.29, 0.717) is 18.2 Å². The number of benzene rings is 1. The Morgan fingerprint density at radius 3 is 2.29 bits per heavy atom. The van der Waals surface area contributed by atoms with E-state index in [4.69, 9.17) is 0 Å². The van der Waals surface area contributed by atoms with Gasteiger partial charge >= 0.3 is 6.18 Å². The molecule has 1 aromatic rings. The quantitative estimate of drug-likeness (QED) is 0.710. The monoisotopic (exact) mass is 303 g/mol. The molecule has 0 N–H and O–H groups in total. The Balaban J connectivity index is 2.38. The molecule has 0 spiro atoms. The predicted octanol–water partition coefficient (Wildman–Crippen LogP) is 4.25. The summed E-state index contributed by atoms with van der Waals surface area (Å²) in [6.07, 6.45) is -2.09. The number of rotatable bonds is 1. The van der Waals surface area contributed by atoms with Gasteiger partial charge in [0.2, 0.25) is 0 Å². The highest BCUT2D eigenvalue weighted by atomic mass is 19.4. The summed E-state index contributed by atoms with van der Waals surface area (Å²) in [6, 6.07) is 1.75. The van der Waals surface area contributed by atoms with Gasteiger partial charge in [0.05, 0.1) is 11.1 Å². The van der Waals surface area contributed by atoms with Crippen LogP contribution in [0, 0.1) is 5.82 Å². The van der Waals surface area contributed by atoms with Gasteiger partial charge in [0.25, 0.3) is 5.91 Å². The van der Waals surface area contributed by atoms with Crippen LogP contribution >= 0.6 is 0 Å². The Labute approximate surface area is 120 Å². The zero-order valence-corrected chi connectivity index (χ0v) is 11.9. The fourth-order valence-electron chi connectivity index (χ4n) is 2.83. The number of hydrogen-bond acceptors (Lipinski definition) is 1. The summed E-state index contributed by atoms with van der Waals surface area (Å²) in [5.74, 6) is -1.59. The van der Waals surface area contributed by atoms with Gasteiger partial charge in [-0.3, -0.25) is 4.79 Å². The molecule has 2 unspecified atom stereocenters. The Bertz CT molecular complexity index is 531. The molecule has 21 heavy (non-hydrogen) atoms. The molecule has 2 nitrogen and oxygen atoms in total. The molecule has 1 aliphatic rings. The van der Waals surface area contributed by atoms with Crippen molar-refractivity contribution < 1.29 is 22.4 Å². The van der Waals surface area contributed by atoms with Gasteiger partial charge in [-0.05, 0) is 51.3 Å². The van der Waals surface area contributed by atoms with Gasteiger partial charge in [0.1, 0.15) is 5.82 Å². The van der Waals surface area contributed by atoms with E-state index in [2.05, 4.69) is 0 Å². The molecule has 1 aliphatic heterocycles. The van der Waals surface area contributed by atoms with Crippen molar-refractivity contribution in [2.45, 2.75) is 51.4 Å². The number of halogens is 4. The number of likely N-dealkylation sites (tertiary alicyclic amines) is 1. The fraction of sp³-hybridized carbons (Fsp3) is 0.533. The van der Waals surface area contributed by atoms with E-state index in [0.717, 1.165) is 19.3 Å². The molecular formula is C15H17F4NO. The Morgan fingerprint density at radius 2 is 1.76 bits per heavy atom. The molecule has 2 atom stereocenters. The molecule has 1 heterocycles. The Hall–Kier alpha value is -1.59. The van der Waals surface area contributed by atoms with E-state index in [1.807, 2.05) is 13.8 Å². The molecule has 0 aromatic heterocycles. The van der Waals surface area contributed by atoms with Crippen LogP contribution in [-0.2, 0) is 6.18 Å². The molecule has 6 heteroatoms. The zero-order valence-electron chi connectivity index (χ0n) is 11.9. The minimum Gasteiger partial charge on any atom is -0.333 e. The highest BCUT2D eigenvalue weighted by Gasteiger charge is 2.35. The standard InChI is InChI=1S/C15H17F4NO/c1-9-4-3-5-10(2)20(9)14(21)12-8-11(15(17,18)19)6-7-13(12)16/h6-10H,3-5H2,1-2H3. The number of carbonyl (C=O) groups excluding carboxylic acids is 1.